The van der Waals surface area contributed by atoms with Crippen molar-refractivity contribution in [2.45, 2.75) is 24.8 Å². The van der Waals surface area contributed by atoms with Crippen molar-refractivity contribution in [2.24, 2.45) is 5.92 Å². The van der Waals surface area contributed by atoms with Gasteiger partial charge in [0, 0.05) is 0 Å². The summed E-state index contributed by atoms with van der Waals surface area (Å²) in [6.07, 6.45) is 0. The number of carboxylic acids is 1. The highest BCUT2D eigenvalue weighted by molar-refractivity contribution is 7.89. The minimum absolute atomic E-state index is 0.119. The topological polar surface area (TPSA) is 149 Å². The van der Waals surface area contributed by atoms with E-state index in [4.69, 9.17) is 5.11 Å². The standard InChI is InChI=1S/C13H15N3O6S/c1-6(2)10(13(19)20)16-23(21,22)7-3-4-8-9(5-7)15-12(18)11(17)14-8/h3-6,10,16H,1-2H3,(H,14,17)(H,15,18)(H,19,20)/t10-/m1/s1. The van der Waals surface area contributed by atoms with E-state index in [1.807, 2.05) is 0 Å². The second-order valence-corrected chi connectivity index (χ2v) is 7.01. The number of benzene rings is 1. The number of rotatable bonds is 5. The Morgan fingerprint density at radius 1 is 1.13 bits per heavy atom. The Kier molecular flexibility index (Phi) is 4.39. The number of carboxylic acid groups (broad SMARTS) is 1. The summed E-state index contributed by atoms with van der Waals surface area (Å²) in [6.45, 7) is 3.15. The van der Waals surface area contributed by atoms with Crippen LogP contribution in [0.4, 0.5) is 0 Å². The Bertz CT molecular complexity index is 973. The third kappa shape index (κ3) is 3.48. The number of hydrogen-bond acceptors (Lipinski definition) is 5. The van der Waals surface area contributed by atoms with Gasteiger partial charge in [0.05, 0.1) is 15.9 Å². The fourth-order valence-corrected chi connectivity index (χ4v) is 3.33. The first-order valence-electron chi connectivity index (χ1n) is 6.63. The molecule has 1 heterocycles. The molecule has 0 fully saturated rings. The Morgan fingerprint density at radius 2 is 1.70 bits per heavy atom. The molecular weight excluding hydrogens is 326 g/mol. The van der Waals surface area contributed by atoms with Gasteiger partial charge < -0.3 is 15.1 Å². The van der Waals surface area contributed by atoms with E-state index in [9.17, 15) is 22.8 Å². The first-order valence-corrected chi connectivity index (χ1v) is 8.11. The molecule has 2 aromatic rings. The minimum atomic E-state index is -4.11. The molecule has 0 unspecified atom stereocenters. The van der Waals surface area contributed by atoms with Crippen LogP contribution in [-0.4, -0.2) is 35.5 Å². The van der Waals surface area contributed by atoms with Crippen LogP contribution in [0.3, 0.4) is 0 Å². The van der Waals surface area contributed by atoms with E-state index in [0.29, 0.717) is 0 Å². The smallest absolute Gasteiger partial charge is 0.322 e. The maximum atomic E-state index is 12.3. The number of carbonyl (C=O) groups is 1. The molecule has 1 aromatic heterocycles. The van der Waals surface area contributed by atoms with Gasteiger partial charge in [0.15, 0.2) is 0 Å². The van der Waals surface area contributed by atoms with Gasteiger partial charge in [0.1, 0.15) is 6.04 Å². The molecule has 0 amide bonds. The van der Waals surface area contributed by atoms with Crippen LogP contribution in [0.2, 0.25) is 0 Å². The average Bonchev–Trinajstić information content (AvgIpc) is 2.45. The molecule has 1 atom stereocenters. The fourth-order valence-electron chi connectivity index (χ4n) is 1.97. The number of aromatic amines is 2. The lowest BCUT2D eigenvalue weighted by atomic mass is 10.1. The lowest BCUT2D eigenvalue weighted by Crippen LogP contribution is -2.44. The second-order valence-electron chi connectivity index (χ2n) is 5.30. The molecule has 10 heteroatoms. The van der Waals surface area contributed by atoms with E-state index in [0.717, 1.165) is 6.07 Å². The first-order chi connectivity index (χ1) is 10.6. The summed E-state index contributed by atoms with van der Waals surface area (Å²) in [4.78, 5) is 38.0. The van der Waals surface area contributed by atoms with Crippen molar-refractivity contribution in [1.29, 1.82) is 0 Å². The zero-order valence-corrected chi connectivity index (χ0v) is 13.1. The largest absolute Gasteiger partial charge is 0.480 e. The molecule has 0 saturated heterocycles. The third-order valence-corrected chi connectivity index (χ3v) is 4.66. The molecular formula is C13H15N3O6S. The van der Waals surface area contributed by atoms with Crippen LogP contribution in [0.5, 0.6) is 0 Å². The number of aromatic nitrogens is 2. The third-order valence-electron chi connectivity index (χ3n) is 3.22. The monoisotopic (exact) mass is 341 g/mol. The number of H-pyrrole nitrogens is 2. The molecule has 23 heavy (non-hydrogen) atoms. The van der Waals surface area contributed by atoms with Crippen molar-refractivity contribution in [3.05, 3.63) is 38.9 Å². The zero-order chi connectivity index (χ0) is 17.4. The second kappa shape index (κ2) is 5.97. The van der Waals surface area contributed by atoms with E-state index in [1.165, 1.54) is 12.1 Å². The highest BCUT2D eigenvalue weighted by Gasteiger charge is 2.28. The number of sulfonamides is 1. The molecule has 0 radical (unpaired) electrons. The first kappa shape index (κ1) is 16.9. The molecule has 0 bridgehead atoms. The van der Waals surface area contributed by atoms with Gasteiger partial charge in [-0.2, -0.15) is 4.72 Å². The van der Waals surface area contributed by atoms with Gasteiger partial charge >= 0.3 is 17.1 Å². The number of fused-ring (bicyclic) bond motifs is 1. The summed E-state index contributed by atoms with van der Waals surface area (Å²) in [5.41, 5.74) is -1.39. The Balaban J connectivity index is 2.49. The van der Waals surface area contributed by atoms with E-state index < -0.39 is 39.1 Å². The van der Waals surface area contributed by atoms with E-state index in [-0.39, 0.29) is 15.9 Å². The summed E-state index contributed by atoms with van der Waals surface area (Å²) in [5, 5.41) is 9.08. The van der Waals surface area contributed by atoms with Crippen molar-refractivity contribution in [1.82, 2.24) is 14.7 Å². The maximum absolute atomic E-state index is 12.3. The summed E-state index contributed by atoms with van der Waals surface area (Å²) in [7, 11) is -4.11. The van der Waals surface area contributed by atoms with Crippen LogP contribution in [0.25, 0.3) is 11.0 Å². The van der Waals surface area contributed by atoms with E-state index in [2.05, 4.69) is 14.7 Å². The summed E-state index contributed by atoms with van der Waals surface area (Å²) in [5.74, 6) is -1.75. The predicted octanol–water partition coefficient (Wildman–Crippen LogP) is -0.396. The van der Waals surface area contributed by atoms with Crippen molar-refractivity contribution < 1.29 is 18.3 Å². The molecule has 2 rings (SSSR count). The lowest BCUT2D eigenvalue weighted by molar-refractivity contribution is -0.140. The highest BCUT2D eigenvalue weighted by atomic mass is 32.2. The summed E-state index contributed by atoms with van der Waals surface area (Å²) in [6, 6.07) is 2.38. The molecule has 0 saturated carbocycles. The summed E-state index contributed by atoms with van der Waals surface area (Å²) < 4.78 is 26.7. The summed E-state index contributed by atoms with van der Waals surface area (Å²) >= 11 is 0. The Hall–Kier alpha value is -2.46. The Labute approximate surface area is 130 Å². The van der Waals surface area contributed by atoms with Crippen LogP contribution in [0.15, 0.2) is 32.7 Å². The molecule has 0 aliphatic rings. The van der Waals surface area contributed by atoms with E-state index in [1.54, 1.807) is 13.8 Å². The number of aliphatic carboxylic acids is 1. The van der Waals surface area contributed by atoms with Gasteiger partial charge in [0.2, 0.25) is 10.0 Å². The van der Waals surface area contributed by atoms with Crippen molar-refractivity contribution in [3.8, 4) is 0 Å². The van der Waals surface area contributed by atoms with Crippen molar-refractivity contribution in [2.75, 3.05) is 0 Å². The molecule has 0 aliphatic heterocycles. The van der Waals surface area contributed by atoms with Gasteiger partial charge in [-0.25, -0.2) is 8.42 Å². The molecule has 1 aromatic carbocycles. The van der Waals surface area contributed by atoms with Crippen molar-refractivity contribution >= 4 is 27.0 Å². The van der Waals surface area contributed by atoms with Crippen LogP contribution < -0.4 is 15.8 Å². The zero-order valence-electron chi connectivity index (χ0n) is 12.3. The normalized spacial score (nSPS) is 13.3. The SMILES string of the molecule is CC(C)[C@@H](NS(=O)(=O)c1ccc2[nH]c(=O)c(=O)[nH]c2c1)C(=O)O. The van der Waals surface area contributed by atoms with E-state index >= 15 is 0 Å². The van der Waals surface area contributed by atoms with Crippen LogP contribution >= 0.6 is 0 Å². The predicted molar refractivity (Wildman–Crippen MR) is 81.8 cm³/mol. The van der Waals surface area contributed by atoms with Gasteiger partial charge in [-0.05, 0) is 24.1 Å². The molecule has 0 spiro atoms. The van der Waals surface area contributed by atoms with Crippen LogP contribution in [0.1, 0.15) is 13.8 Å². The van der Waals surface area contributed by atoms with Crippen LogP contribution in [-0.2, 0) is 14.8 Å². The molecule has 124 valence electrons. The molecule has 4 N–H and O–H groups in total. The number of nitrogens with one attached hydrogen (secondary N) is 3. The maximum Gasteiger partial charge on any atom is 0.322 e. The highest BCUT2D eigenvalue weighted by Crippen LogP contribution is 2.16. The average molecular weight is 341 g/mol. The van der Waals surface area contributed by atoms with Gasteiger partial charge in [0.25, 0.3) is 0 Å². The van der Waals surface area contributed by atoms with Gasteiger partial charge in [-0.15, -0.1) is 0 Å². The Morgan fingerprint density at radius 3 is 2.22 bits per heavy atom. The lowest BCUT2D eigenvalue weighted by Gasteiger charge is -2.18. The minimum Gasteiger partial charge on any atom is -0.480 e. The van der Waals surface area contributed by atoms with Gasteiger partial charge in [-0.1, -0.05) is 13.8 Å². The van der Waals surface area contributed by atoms with Crippen molar-refractivity contribution in [3.63, 3.8) is 0 Å². The van der Waals surface area contributed by atoms with Crippen LogP contribution in [0, 0.1) is 5.92 Å². The molecule has 9 nitrogen and oxygen atoms in total. The fraction of sp³-hybridized carbons (Fsp3) is 0.308. The van der Waals surface area contributed by atoms with Gasteiger partial charge in [-0.3, -0.25) is 14.4 Å². The quantitative estimate of drug-likeness (QED) is 0.544. The number of hydrogen-bond donors (Lipinski definition) is 4. The molecule has 0 aliphatic carbocycles.